The molecule has 21 heavy (non-hydrogen) atoms. The van der Waals surface area contributed by atoms with Crippen LogP contribution in [-0.2, 0) is 14.2 Å². The fraction of sp³-hybridized carbons (Fsp3) is 0.533. The topological polar surface area (TPSA) is 68.8 Å². The molecule has 3 atom stereocenters. The maximum absolute atomic E-state index is 11.1. The standard InChI is InChI=1S/C15H22N2O4/c1-4-21-13-9-12(14(13)19-2)16-10-5-7-11(8-6-10)17-15(18)20-3/h5-8,12-14,16H,4,9H2,1-3H3,(H,17,18). The maximum Gasteiger partial charge on any atom is 0.411 e. The van der Waals surface area contributed by atoms with Crippen molar-refractivity contribution in [3.05, 3.63) is 24.3 Å². The Balaban J connectivity index is 1.88. The summed E-state index contributed by atoms with van der Waals surface area (Å²) in [5, 5.41) is 6.02. The predicted octanol–water partition coefficient (Wildman–Crippen LogP) is 2.47. The zero-order valence-corrected chi connectivity index (χ0v) is 12.6. The number of carbonyl (C=O) groups excluding carboxylic acids is 1. The summed E-state index contributed by atoms with van der Waals surface area (Å²) in [5.74, 6) is 0. The summed E-state index contributed by atoms with van der Waals surface area (Å²) in [6, 6.07) is 7.70. The molecule has 0 radical (unpaired) electrons. The minimum atomic E-state index is -0.478. The van der Waals surface area contributed by atoms with Crippen molar-refractivity contribution in [2.24, 2.45) is 0 Å². The summed E-state index contributed by atoms with van der Waals surface area (Å²) in [6.07, 6.45) is 0.679. The van der Waals surface area contributed by atoms with Crippen LogP contribution in [0.4, 0.5) is 16.2 Å². The number of benzene rings is 1. The lowest BCUT2D eigenvalue weighted by molar-refractivity contribution is -0.118. The van der Waals surface area contributed by atoms with Crippen molar-refractivity contribution in [1.82, 2.24) is 0 Å². The smallest absolute Gasteiger partial charge is 0.411 e. The van der Waals surface area contributed by atoms with E-state index in [1.807, 2.05) is 31.2 Å². The summed E-state index contributed by atoms with van der Waals surface area (Å²) in [7, 11) is 3.04. The second-order valence-corrected chi connectivity index (χ2v) is 4.87. The van der Waals surface area contributed by atoms with Crippen molar-refractivity contribution in [3.8, 4) is 0 Å². The van der Waals surface area contributed by atoms with Gasteiger partial charge < -0.3 is 19.5 Å². The van der Waals surface area contributed by atoms with E-state index in [1.54, 1.807) is 7.11 Å². The van der Waals surface area contributed by atoms with Gasteiger partial charge in [0.1, 0.15) is 6.10 Å². The third kappa shape index (κ3) is 3.86. The first-order valence-corrected chi connectivity index (χ1v) is 7.04. The van der Waals surface area contributed by atoms with Gasteiger partial charge in [-0.1, -0.05) is 0 Å². The Morgan fingerprint density at radius 2 is 1.90 bits per heavy atom. The minimum Gasteiger partial charge on any atom is -0.453 e. The number of carbonyl (C=O) groups is 1. The van der Waals surface area contributed by atoms with Gasteiger partial charge in [-0.2, -0.15) is 0 Å². The van der Waals surface area contributed by atoms with Gasteiger partial charge in [0, 0.05) is 25.1 Å². The highest BCUT2D eigenvalue weighted by Gasteiger charge is 2.42. The normalized spacial score (nSPS) is 24.0. The Morgan fingerprint density at radius 3 is 2.48 bits per heavy atom. The molecule has 2 rings (SSSR count). The molecule has 3 unspecified atom stereocenters. The van der Waals surface area contributed by atoms with Gasteiger partial charge in [0.25, 0.3) is 0 Å². The van der Waals surface area contributed by atoms with Crippen LogP contribution in [0, 0.1) is 0 Å². The van der Waals surface area contributed by atoms with E-state index in [-0.39, 0.29) is 18.2 Å². The molecule has 0 aliphatic heterocycles. The van der Waals surface area contributed by atoms with Crippen LogP contribution in [0.2, 0.25) is 0 Å². The van der Waals surface area contributed by atoms with Gasteiger partial charge in [0.15, 0.2) is 0 Å². The Bertz CT molecular complexity index is 463. The van der Waals surface area contributed by atoms with Crippen LogP contribution in [-0.4, -0.2) is 45.2 Å². The summed E-state index contributed by atoms with van der Waals surface area (Å²) >= 11 is 0. The largest absolute Gasteiger partial charge is 0.453 e. The number of amides is 1. The molecule has 1 aliphatic carbocycles. The van der Waals surface area contributed by atoms with Crippen molar-refractivity contribution < 1.29 is 19.0 Å². The van der Waals surface area contributed by atoms with E-state index in [0.29, 0.717) is 12.3 Å². The molecule has 1 aliphatic rings. The van der Waals surface area contributed by atoms with Crippen LogP contribution in [0.3, 0.4) is 0 Å². The molecule has 1 amide bonds. The van der Waals surface area contributed by atoms with Gasteiger partial charge in [-0.15, -0.1) is 0 Å². The van der Waals surface area contributed by atoms with Gasteiger partial charge in [-0.3, -0.25) is 5.32 Å². The highest BCUT2D eigenvalue weighted by molar-refractivity contribution is 5.84. The maximum atomic E-state index is 11.1. The zero-order chi connectivity index (χ0) is 15.2. The Morgan fingerprint density at radius 1 is 1.24 bits per heavy atom. The Labute approximate surface area is 124 Å². The number of ether oxygens (including phenoxy) is 3. The lowest BCUT2D eigenvalue weighted by Gasteiger charge is -2.43. The first-order valence-electron chi connectivity index (χ1n) is 7.04. The van der Waals surface area contributed by atoms with Crippen molar-refractivity contribution in [2.45, 2.75) is 31.6 Å². The average Bonchev–Trinajstić information content (AvgIpc) is 2.48. The SMILES string of the molecule is CCOC1CC(Nc2ccc(NC(=O)OC)cc2)C1OC. The number of hydrogen-bond donors (Lipinski definition) is 2. The highest BCUT2D eigenvalue weighted by atomic mass is 16.5. The molecular formula is C15H22N2O4. The number of anilines is 2. The van der Waals surface area contributed by atoms with Crippen molar-refractivity contribution in [1.29, 1.82) is 0 Å². The van der Waals surface area contributed by atoms with E-state index in [4.69, 9.17) is 9.47 Å². The number of methoxy groups -OCH3 is 2. The summed E-state index contributed by atoms with van der Waals surface area (Å²) in [4.78, 5) is 11.1. The molecule has 1 fully saturated rings. The second-order valence-electron chi connectivity index (χ2n) is 4.87. The molecule has 1 saturated carbocycles. The summed E-state index contributed by atoms with van der Waals surface area (Å²) in [6.45, 7) is 2.69. The molecule has 0 saturated heterocycles. The third-order valence-corrected chi connectivity index (χ3v) is 3.57. The van der Waals surface area contributed by atoms with Crippen molar-refractivity contribution >= 4 is 17.5 Å². The molecule has 2 N–H and O–H groups in total. The number of rotatable bonds is 6. The van der Waals surface area contributed by atoms with E-state index in [0.717, 1.165) is 12.1 Å². The van der Waals surface area contributed by atoms with Crippen LogP contribution < -0.4 is 10.6 Å². The Hall–Kier alpha value is -1.79. The van der Waals surface area contributed by atoms with Crippen LogP contribution in [0.15, 0.2) is 24.3 Å². The van der Waals surface area contributed by atoms with Gasteiger partial charge in [0.05, 0.1) is 19.3 Å². The van der Waals surface area contributed by atoms with E-state index in [1.165, 1.54) is 7.11 Å². The van der Waals surface area contributed by atoms with E-state index >= 15 is 0 Å². The molecule has 116 valence electrons. The molecule has 0 heterocycles. The average molecular weight is 294 g/mol. The van der Waals surface area contributed by atoms with Crippen molar-refractivity contribution in [2.75, 3.05) is 31.5 Å². The quantitative estimate of drug-likeness (QED) is 0.843. The zero-order valence-electron chi connectivity index (χ0n) is 12.6. The summed E-state index contributed by atoms with van der Waals surface area (Å²) < 4.78 is 15.6. The van der Waals surface area contributed by atoms with Crippen LogP contribution in [0.5, 0.6) is 0 Å². The molecular weight excluding hydrogens is 272 g/mol. The molecule has 1 aromatic rings. The fourth-order valence-corrected chi connectivity index (χ4v) is 2.45. The molecule has 0 spiro atoms. The van der Waals surface area contributed by atoms with Crippen LogP contribution in [0.25, 0.3) is 0 Å². The van der Waals surface area contributed by atoms with Gasteiger partial charge in [-0.25, -0.2) is 4.79 Å². The molecule has 1 aromatic carbocycles. The number of nitrogens with one attached hydrogen (secondary N) is 2. The fourth-order valence-electron chi connectivity index (χ4n) is 2.45. The highest BCUT2D eigenvalue weighted by Crippen LogP contribution is 2.30. The lowest BCUT2D eigenvalue weighted by Crippen LogP contribution is -2.56. The predicted molar refractivity (Wildman–Crippen MR) is 80.7 cm³/mol. The second kappa shape index (κ2) is 7.28. The summed E-state index contributed by atoms with van der Waals surface area (Å²) in [5.41, 5.74) is 1.67. The van der Waals surface area contributed by atoms with Gasteiger partial charge in [0.2, 0.25) is 0 Å². The third-order valence-electron chi connectivity index (χ3n) is 3.57. The first kappa shape index (κ1) is 15.6. The van der Waals surface area contributed by atoms with E-state index < -0.39 is 6.09 Å². The minimum absolute atomic E-state index is 0.0674. The Kier molecular flexibility index (Phi) is 5.41. The number of hydrogen-bond acceptors (Lipinski definition) is 5. The van der Waals surface area contributed by atoms with Crippen LogP contribution in [0.1, 0.15) is 13.3 Å². The molecule has 6 heteroatoms. The van der Waals surface area contributed by atoms with Crippen molar-refractivity contribution in [3.63, 3.8) is 0 Å². The van der Waals surface area contributed by atoms with E-state index in [2.05, 4.69) is 15.4 Å². The molecule has 6 nitrogen and oxygen atoms in total. The van der Waals surface area contributed by atoms with Gasteiger partial charge in [-0.05, 0) is 37.6 Å². The first-order chi connectivity index (χ1) is 10.2. The van der Waals surface area contributed by atoms with Crippen LogP contribution >= 0.6 is 0 Å². The molecule has 0 bridgehead atoms. The monoisotopic (exact) mass is 294 g/mol. The van der Waals surface area contributed by atoms with E-state index in [9.17, 15) is 4.79 Å². The molecule has 0 aromatic heterocycles. The lowest BCUT2D eigenvalue weighted by atomic mass is 9.85. The van der Waals surface area contributed by atoms with Gasteiger partial charge >= 0.3 is 6.09 Å².